The van der Waals surface area contributed by atoms with E-state index in [1.54, 1.807) is 0 Å². The van der Waals surface area contributed by atoms with Crippen LogP contribution in [0.25, 0.3) is 6.08 Å². The van der Waals surface area contributed by atoms with E-state index in [9.17, 15) is 14.7 Å². The number of carboxylic acids is 1. The summed E-state index contributed by atoms with van der Waals surface area (Å²) in [6.45, 7) is -0.383. The Labute approximate surface area is 102 Å². The van der Waals surface area contributed by atoms with Crippen molar-refractivity contribution in [3.05, 3.63) is 34.5 Å². The lowest BCUT2D eigenvalue weighted by Gasteiger charge is -2.04. The highest BCUT2D eigenvalue weighted by Crippen LogP contribution is 2.23. The molecule has 1 aromatic rings. The van der Waals surface area contributed by atoms with E-state index in [0.29, 0.717) is 16.9 Å². The molecule has 0 aliphatic heterocycles. The van der Waals surface area contributed by atoms with Crippen molar-refractivity contribution in [2.45, 2.75) is 0 Å². The zero-order chi connectivity index (χ0) is 12.8. The summed E-state index contributed by atoms with van der Waals surface area (Å²) in [4.78, 5) is 21.0. The quantitative estimate of drug-likeness (QED) is 0.545. The fourth-order valence-electron chi connectivity index (χ4n) is 1.11. The largest absolute Gasteiger partial charge is 0.507 e. The Kier molecular flexibility index (Phi) is 4.54. The van der Waals surface area contributed by atoms with E-state index in [2.05, 4.69) is 5.32 Å². The molecule has 0 aromatic heterocycles. The Bertz CT molecular complexity index is 471. The maximum atomic E-state index is 10.7. The number of carboxylic acid groups (broad SMARTS) is 1. The Hall–Kier alpha value is -2.01. The van der Waals surface area contributed by atoms with Crippen LogP contribution in [-0.4, -0.2) is 29.0 Å². The lowest BCUT2D eigenvalue weighted by molar-refractivity contribution is -0.135. The maximum absolute atomic E-state index is 10.7. The lowest BCUT2D eigenvalue weighted by Crippen LogP contribution is -2.22. The summed E-state index contributed by atoms with van der Waals surface area (Å²) in [6.07, 6.45) is 1.78. The molecule has 1 rings (SSSR count). The number of aromatic hydroxyl groups is 1. The summed E-state index contributed by atoms with van der Waals surface area (Å²) < 4.78 is 0. The minimum atomic E-state index is -1.09. The van der Waals surface area contributed by atoms with Gasteiger partial charge in [0.05, 0.1) is 5.70 Å². The number of allylic oxidation sites excluding steroid dienone is 1. The molecule has 0 amide bonds. The fraction of sp³-hybridized carbons (Fsp3) is 0.0909. The zero-order valence-electron chi connectivity index (χ0n) is 8.68. The monoisotopic (exact) mass is 255 g/mol. The number of aliphatic carboxylic acids is 1. The SMILES string of the molecule is O=C/C(=C\c1cc(Cl)ccc1O)NCC(=O)O. The van der Waals surface area contributed by atoms with Crippen LogP contribution in [0.4, 0.5) is 0 Å². The minimum absolute atomic E-state index is 0.0463. The second-order valence-electron chi connectivity index (χ2n) is 3.17. The van der Waals surface area contributed by atoms with E-state index < -0.39 is 5.97 Å². The maximum Gasteiger partial charge on any atom is 0.322 e. The van der Waals surface area contributed by atoms with Gasteiger partial charge in [0.2, 0.25) is 0 Å². The number of carbonyl (C=O) groups is 2. The molecular formula is C11H10ClNO4. The first-order valence-corrected chi connectivity index (χ1v) is 5.02. The highest BCUT2D eigenvalue weighted by Gasteiger charge is 2.03. The van der Waals surface area contributed by atoms with Crippen LogP contribution in [0.5, 0.6) is 5.75 Å². The van der Waals surface area contributed by atoms with Gasteiger partial charge in [0.15, 0.2) is 6.29 Å². The highest BCUT2D eigenvalue weighted by atomic mass is 35.5. The van der Waals surface area contributed by atoms with Crippen LogP contribution < -0.4 is 5.32 Å². The van der Waals surface area contributed by atoms with E-state index in [1.165, 1.54) is 24.3 Å². The second kappa shape index (κ2) is 5.91. The van der Waals surface area contributed by atoms with Gasteiger partial charge < -0.3 is 15.5 Å². The van der Waals surface area contributed by atoms with Crippen LogP contribution in [0.15, 0.2) is 23.9 Å². The van der Waals surface area contributed by atoms with Gasteiger partial charge in [-0.2, -0.15) is 0 Å². The molecule has 0 aliphatic rings. The number of nitrogens with one attached hydrogen (secondary N) is 1. The molecule has 0 fully saturated rings. The van der Waals surface area contributed by atoms with Gasteiger partial charge in [-0.1, -0.05) is 11.6 Å². The average molecular weight is 256 g/mol. The molecule has 0 radical (unpaired) electrons. The molecule has 6 heteroatoms. The zero-order valence-corrected chi connectivity index (χ0v) is 9.44. The molecule has 0 saturated heterocycles. The van der Waals surface area contributed by atoms with Crippen LogP contribution in [0, 0.1) is 0 Å². The minimum Gasteiger partial charge on any atom is -0.507 e. The first kappa shape index (κ1) is 13.1. The molecule has 0 bridgehead atoms. The Morgan fingerprint density at radius 3 is 2.76 bits per heavy atom. The number of phenolic OH excluding ortho intramolecular Hbond substituents is 1. The molecular weight excluding hydrogens is 246 g/mol. The van der Waals surface area contributed by atoms with Crippen molar-refractivity contribution in [2.75, 3.05) is 6.54 Å². The van der Waals surface area contributed by atoms with Crippen molar-refractivity contribution in [1.29, 1.82) is 0 Å². The third-order valence-corrected chi connectivity index (χ3v) is 2.11. The fourth-order valence-corrected chi connectivity index (χ4v) is 1.29. The summed E-state index contributed by atoms with van der Waals surface area (Å²) in [5, 5.41) is 20.7. The van der Waals surface area contributed by atoms with E-state index in [0.717, 1.165) is 0 Å². The van der Waals surface area contributed by atoms with Gasteiger partial charge in [-0.3, -0.25) is 9.59 Å². The second-order valence-corrected chi connectivity index (χ2v) is 3.60. The molecule has 5 nitrogen and oxygen atoms in total. The highest BCUT2D eigenvalue weighted by molar-refractivity contribution is 6.30. The number of hydrogen-bond donors (Lipinski definition) is 3. The number of rotatable bonds is 5. The predicted molar refractivity (Wildman–Crippen MR) is 62.8 cm³/mol. The van der Waals surface area contributed by atoms with Crippen LogP contribution >= 0.6 is 11.6 Å². The standard InChI is InChI=1S/C11H10ClNO4/c12-8-1-2-10(15)7(3-8)4-9(6-14)13-5-11(16)17/h1-4,6,13,15H,5H2,(H,16,17)/b9-4+. The Morgan fingerprint density at radius 2 is 2.18 bits per heavy atom. The van der Waals surface area contributed by atoms with Crippen LogP contribution in [0.3, 0.4) is 0 Å². The summed E-state index contributed by atoms with van der Waals surface area (Å²) in [5.74, 6) is -1.14. The third kappa shape index (κ3) is 4.16. The van der Waals surface area contributed by atoms with Crippen molar-refractivity contribution in [2.24, 2.45) is 0 Å². The van der Waals surface area contributed by atoms with Gasteiger partial charge in [0, 0.05) is 10.6 Å². The molecule has 0 aliphatic carbocycles. The van der Waals surface area contributed by atoms with Crippen LogP contribution in [-0.2, 0) is 9.59 Å². The summed E-state index contributed by atoms with van der Waals surface area (Å²) in [7, 11) is 0. The molecule has 0 spiro atoms. The van der Waals surface area contributed by atoms with Gasteiger partial charge in [0.25, 0.3) is 0 Å². The van der Waals surface area contributed by atoms with E-state index in [-0.39, 0.29) is 18.0 Å². The van der Waals surface area contributed by atoms with E-state index in [1.807, 2.05) is 0 Å². The van der Waals surface area contributed by atoms with Crippen molar-refractivity contribution < 1.29 is 19.8 Å². The van der Waals surface area contributed by atoms with Crippen molar-refractivity contribution in [1.82, 2.24) is 5.32 Å². The van der Waals surface area contributed by atoms with E-state index >= 15 is 0 Å². The van der Waals surface area contributed by atoms with Crippen molar-refractivity contribution in [3.8, 4) is 5.75 Å². The summed E-state index contributed by atoms with van der Waals surface area (Å²) in [6, 6.07) is 4.34. The van der Waals surface area contributed by atoms with Gasteiger partial charge in [-0.15, -0.1) is 0 Å². The van der Waals surface area contributed by atoms with Crippen molar-refractivity contribution >= 4 is 29.9 Å². The van der Waals surface area contributed by atoms with Crippen molar-refractivity contribution in [3.63, 3.8) is 0 Å². The molecule has 0 unspecified atom stereocenters. The first-order valence-electron chi connectivity index (χ1n) is 4.64. The number of benzene rings is 1. The smallest absolute Gasteiger partial charge is 0.322 e. The number of hydrogen-bond acceptors (Lipinski definition) is 4. The Morgan fingerprint density at radius 1 is 1.47 bits per heavy atom. The molecule has 0 heterocycles. The van der Waals surface area contributed by atoms with Gasteiger partial charge in [-0.25, -0.2) is 0 Å². The molecule has 3 N–H and O–H groups in total. The lowest BCUT2D eigenvalue weighted by atomic mass is 10.1. The molecule has 0 saturated carbocycles. The number of phenols is 1. The van der Waals surface area contributed by atoms with Gasteiger partial charge >= 0.3 is 5.97 Å². The topological polar surface area (TPSA) is 86.6 Å². The predicted octanol–water partition coefficient (Wildman–Crippen LogP) is 1.26. The summed E-state index contributed by atoms with van der Waals surface area (Å²) in [5.41, 5.74) is 0.377. The van der Waals surface area contributed by atoms with Crippen LogP contribution in [0.1, 0.15) is 5.56 Å². The number of aldehydes is 1. The number of carbonyl (C=O) groups excluding carboxylic acids is 1. The molecule has 1 aromatic carbocycles. The van der Waals surface area contributed by atoms with Crippen LogP contribution in [0.2, 0.25) is 5.02 Å². The van der Waals surface area contributed by atoms with Gasteiger partial charge in [0.1, 0.15) is 12.3 Å². The third-order valence-electron chi connectivity index (χ3n) is 1.87. The molecule has 17 heavy (non-hydrogen) atoms. The summed E-state index contributed by atoms with van der Waals surface area (Å²) >= 11 is 5.73. The molecule has 0 atom stereocenters. The van der Waals surface area contributed by atoms with Gasteiger partial charge in [-0.05, 0) is 24.3 Å². The Balaban J connectivity index is 2.93. The normalized spacial score (nSPS) is 11.0. The van der Waals surface area contributed by atoms with E-state index in [4.69, 9.17) is 16.7 Å². The molecule has 90 valence electrons. The first-order chi connectivity index (χ1) is 8.02. The number of halogens is 1. The average Bonchev–Trinajstić information content (AvgIpc) is 2.28.